The van der Waals surface area contributed by atoms with Gasteiger partial charge in [-0.3, -0.25) is 19.3 Å². The molecule has 10 nitrogen and oxygen atoms in total. The van der Waals surface area contributed by atoms with Crippen LogP contribution in [0.5, 0.6) is 0 Å². The number of fused-ring (bicyclic) bond motifs is 3. The summed E-state index contributed by atoms with van der Waals surface area (Å²) in [6, 6.07) is 19.5. The maximum Gasteiger partial charge on any atom is 0.255 e. The van der Waals surface area contributed by atoms with E-state index in [1.807, 2.05) is 18.2 Å². The van der Waals surface area contributed by atoms with E-state index in [2.05, 4.69) is 20.5 Å². The van der Waals surface area contributed by atoms with Crippen molar-refractivity contribution in [1.82, 2.24) is 15.2 Å². The number of benzene rings is 4. The van der Waals surface area contributed by atoms with E-state index in [-0.39, 0.29) is 12.5 Å². The van der Waals surface area contributed by atoms with Crippen LogP contribution < -0.4 is 22.1 Å². The third-order valence-electron chi connectivity index (χ3n) is 8.12. The van der Waals surface area contributed by atoms with Crippen LogP contribution in [0, 0.1) is 5.82 Å². The van der Waals surface area contributed by atoms with Gasteiger partial charge in [-0.2, -0.15) is 0 Å². The van der Waals surface area contributed by atoms with Crippen LogP contribution in [0.4, 0.5) is 10.1 Å². The van der Waals surface area contributed by atoms with Crippen molar-refractivity contribution in [1.29, 1.82) is 0 Å². The first kappa shape index (κ1) is 29.9. The first-order chi connectivity index (χ1) is 21.8. The standard InChI is InChI=1S/C34H33FN6O4/c35-22-7-4-20(5-8-22)34(44)40-28-3-1-2-23(27(28)19-36)24-10-11-26(32(37)42)31-30(24)25-9-6-21(18-29(25)39-31)33(43)38-12-13-41-14-16-45-17-15-41/h1-11,18,39H,12-17,19,36H2,(H2,37,42)(H,38,43)(H,40,44). The number of amides is 3. The lowest BCUT2D eigenvalue weighted by Gasteiger charge is -2.26. The van der Waals surface area contributed by atoms with Gasteiger partial charge in [-0.25, -0.2) is 4.39 Å². The molecule has 0 aliphatic carbocycles. The second-order valence-electron chi connectivity index (χ2n) is 10.9. The van der Waals surface area contributed by atoms with E-state index >= 15 is 0 Å². The van der Waals surface area contributed by atoms with Gasteiger partial charge < -0.3 is 31.8 Å². The summed E-state index contributed by atoms with van der Waals surface area (Å²) in [6.45, 7) is 4.43. The quantitative estimate of drug-likeness (QED) is 0.170. The Hall–Kier alpha value is -5.10. The lowest BCUT2D eigenvalue weighted by Crippen LogP contribution is -2.41. The third-order valence-corrected chi connectivity index (χ3v) is 8.12. The summed E-state index contributed by atoms with van der Waals surface area (Å²) >= 11 is 0. The highest BCUT2D eigenvalue weighted by Gasteiger charge is 2.21. The van der Waals surface area contributed by atoms with Crippen molar-refractivity contribution in [3.05, 3.63) is 101 Å². The number of carbonyl (C=O) groups is 3. The number of morpholine rings is 1. The monoisotopic (exact) mass is 608 g/mol. The fourth-order valence-corrected chi connectivity index (χ4v) is 5.81. The summed E-state index contributed by atoms with van der Waals surface area (Å²) in [5.74, 6) is -1.64. The molecule has 1 aliphatic rings. The zero-order valence-electron chi connectivity index (χ0n) is 24.5. The van der Waals surface area contributed by atoms with Gasteiger partial charge in [0.25, 0.3) is 17.7 Å². The molecule has 0 unspecified atom stereocenters. The van der Waals surface area contributed by atoms with Crippen LogP contribution in [0.3, 0.4) is 0 Å². The van der Waals surface area contributed by atoms with Gasteiger partial charge in [0.2, 0.25) is 0 Å². The van der Waals surface area contributed by atoms with E-state index in [1.54, 1.807) is 30.3 Å². The van der Waals surface area contributed by atoms with E-state index in [0.717, 1.165) is 41.5 Å². The van der Waals surface area contributed by atoms with Crippen LogP contribution in [0.2, 0.25) is 0 Å². The summed E-state index contributed by atoms with van der Waals surface area (Å²) < 4.78 is 18.8. The number of nitrogens with zero attached hydrogens (tertiary/aromatic N) is 1. The Labute approximate surface area is 258 Å². The topological polar surface area (TPSA) is 156 Å². The number of anilines is 1. The summed E-state index contributed by atoms with van der Waals surface area (Å²) in [7, 11) is 0. The van der Waals surface area contributed by atoms with Crippen LogP contribution in [-0.4, -0.2) is 67.0 Å². The SMILES string of the molecule is NCc1c(NC(=O)c2ccc(F)cc2)cccc1-c1ccc(C(N)=O)c2[nH]c3cc(C(=O)NCCN4CCOCC4)ccc3c12. The van der Waals surface area contributed by atoms with Crippen LogP contribution in [0.1, 0.15) is 36.6 Å². The van der Waals surface area contributed by atoms with Gasteiger partial charge in [-0.05, 0) is 65.2 Å². The normalized spacial score (nSPS) is 13.6. The maximum atomic E-state index is 13.4. The molecule has 7 N–H and O–H groups in total. The molecule has 6 rings (SSSR count). The molecule has 1 saturated heterocycles. The molecule has 45 heavy (non-hydrogen) atoms. The van der Waals surface area contributed by atoms with Crippen LogP contribution in [-0.2, 0) is 11.3 Å². The van der Waals surface area contributed by atoms with Gasteiger partial charge in [-0.15, -0.1) is 0 Å². The predicted molar refractivity (Wildman–Crippen MR) is 172 cm³/mol. The molecular formula is C34H33FN6O4. The highest BCUT2D eigenvalue weighted by atomic mass is 19.1. The summed E-state index contributed by atoms with van der Waals surface area (Å²) in [4.78, 5) is 44.0. The molecule has 11 heteroatoms. The molecule has 0 spiro atoms. The minimum absolute atomic E-state index is 0.103. The molecule has 1 aromatic heterocycles. The van der Waals surface area contributed by atoms with Gasteiger partial charge in [0.15, 0.2) is 0 Å². The Morgan fingerprint density at radius 1 is 0.911 bits per heavy atom. The van der Waals surface area contributed by atoms with E-state index in [9.17, 15) is 18.8 Å². The molecule has 0 bridgehead atoms. The number of primary amides is 1. The Bertz CT molecular complexity index is 1910. The van der Waals surface area contributed by atoms with E-state index < -0.39 is 17.6 Å². The lowest BCUT2D eigenvalue weighted by atomic mass is 9.92. The largest absolute Gasteiger partial charge is 0.379 e. The molecule has 4 aromatic carbocycles. The van der Waals surface area contributed by atoms with Crippen molar-refractivity contribution in [2.45, 2.75) is 6.54 Å². The molecule has 3 amide bonds. The first-order valence-corrected chi connectivity index (χ1v) is 14.7. The predicted octanol–water partition coefficient (Wildman–Crippen LogP) is 4.00. The van der Waals surface area contributed by atoms with Crippen molar-refractivity contribution in [3.8, 4) is 11.1 Å². The van der Waals surface area contributed by atoms with Crippen molar-refractivity contribution in [3.63, 3.8) is 0 Å². The molecule has 0 atom stereocenters. The number of H-pyrrole nitrogens is 1. The van der Waals surface area contributed by atoms with Gasteiger partial charge in [0.05, 0.1) is 24.3 Å². The van der Waals surface area contributed by atoms with Crippen molar-refractivity contribution >= 4 is 45.2 Å². The molecule has 2 heterocycles. The Morgan fingerprint density at radius 3 is 2.40 bits per heavy atom. The van der Waals surface area contributed by atoms with E-state index in [4.69, 9.17) is 16.2 Å². The van der Waals surface area contributed by atoms with Crippen molar-refractivity contribution < 1.29 is 23.5 Å². The minimum Gasteiger partial charge on any atom is -0.379 e. The molecular weight excluding hydrogens is 575 g/mol. The molecule has 1 fully saturated rings. The fourth-order valence-electron chi connectivity index (χ4n) is 5.81. The molecule has 1 aliphatic heterocycles. The third kappa shape index (κ3) is 6.14. The Morgan fingerprint density at radius 2 is 1.67 bits per heavy atom. The average Bonchev–Trinajstić information content (AvgIpc) is 3.44. The lowest BCUT2D eigenvalue weighted by molar-refractivity contribution is 0.0383. The zero-order chi connectivity index (χ0) is 31.5. The number of aromatic amines is 1. The highest BCUT2D eigenvalue weighted by molar-refractivity contribution is 6.20. The second-order valence-corrected chi connectivity index (χ2v) is 10.9. The number of nitrogens with one attached hydrogen (secondary N) is 3. The minimum atomic E-state index is -0.599. The van der Waals surface area contributed by atoms with Gasteiger partial charge in [0, 0.05) is 65.8 Å². The molecule has 0 saturated carbocycles. The van der Waals surface area contributed by atoms with Crippen LogP contribution in [0.25, 0.3) is 32.9 Å². The van der Waals surface area contributed by atoms with E-state index in [1.165, 1.54) is 24.3 Å². The number of nitrogens with two attached hydrogens (primary N) is 2. The maximum absolute atomic E-state index is 13.4. The summed E-state index contributed by atoms with van der Waals surface area (Å²) in [5, 5.41) is 7.41. The number of hydrogen-bond acceptors (Lipinski definition) is 6. The molecule has 230 valence electrons. The second kappa shape index (κ2) is 12.9. The number of ether oxygens (including phenoxy) is 1. The number of aromatic nitrogens is 1. The van der Waals surface area contributed by atoms with E-state index in [0.29, 0.717) is 58.7 Å². The first-order valence-electron chi connectivity index (χ1n) is 14.7. The van der Waals surface area contributed by atoms with Crippen molar-refractivity contribution in [2.24, 2.45) is 11.5 Å². The van der Waals surface area contributed by atoms with Gasteiger partial charge >= 0.3 is 0 Å². The summed E-state index contributed by atoms with van der Waals surface area (Å²) in [6.07, 6.45) is 0. The number of hydrogen-bond donors (Lipinski definition) is 5. The number of rotatable bonds is 9. The Kier molecular flexibility index (Phi) is 8.56. The Balaban J connectivity index is 1.36. The highest BCUT2D eigenvalue weighted by Crippen LogP contribution is 2.39. The zero-order valence-corrected chi connectivity index (χ0v) is 24.5. The van der Waals surface area contributed by atoms with Gasteiger partial charge in [-0.1, -0.05) is 24.3 Å². The fraction of sp³-hybridized carbons (Fsp3) is 0.206. The molecule has 5 aromatic rings. The van der Waals surface area contributed by atoms with Crippen LogP contribution >= 0.6 is 0 Å². The number of halogens is 1. The molecule has 0 radical (unpaired) electrons. The number of carbonyl (C=O) groups excluding carboxylic acids is 3. The average molecular weight is 609 g/mol. The van der Waals surface area contributed by atoms with Gasteiger partial charge in [0.1, 0.15) is 5.82 Å². The summed E-state index contributed by atoms with van der Waals surface area (Å²) in [5.41, 5.74) is 17.0. The van der Waals surface area contributed by atoms with Crippen molar-refractivity contribution in [2.75, 3.05) is 44.7 Å². The van der Waals surface area contributed by atoms with Crippen LogP contribution in [0.15, 0.2) is 72.8 Å². The smallest absolute Gasteiger partial charge is 0.255 e.